The van der Waals surface area contributed by atoms with E-state index in [1.165, 1.54) is 22.8 Å². The monoisotopic (exact) mass is 238 g/mol. The summed E-state index contributed by atoms with van der Waals surface area (Å²) < 4.78 is 0. The Morgan fingerprint density at radius 2 is 1.83 bits per heavy atom. The van der Waals surface area contributed by atoms with Gasteiger partial charge >= 0.3 is 0 Å². The second-order valence-corrected chi connectivity index (χ2v) is 5.25. The SMILES string of the molecule is O=C1CCCCC1Cc1cccc2ccccc12. The number of hydrogen-bond acceptors (Lipinski definition) is 1. The molecule has 1 atom stereocenters. The van der Waals surface area contributed by atoms with Crippen molar-refractivity contribution < 1.29 is 4.79 Å². The molecule has 0 heterocycles. The normalized spacial score (nSPS) is 20.2. The first kappa shape index (κ1) is 11.5. The van der Waals surface area contributed by atoms with Gasteiger partial charge in [-0.2, -0.15) is 0 Å². The zero-order chi connectivity index (χ0) is 12.4. The Balaban J connectivity index is 1.92. The zero-order valence-electron chi connectivity index (χ0n) is 10.6. The highest BCUT2D eigenvalue weighted by atomic mass is 16.1. The minimum atomic E-state index is 0.254. The number of carbonyl (C=O) groups excluding carboxylic acids is 1. The highest BCUT2D eigenvalue weighted by molar-refractivity contribution is 5.87. The van der Waals surface area contributed by atoms with Gasteiger partial charge in [-0.25, -0.2) is 0 Å². The lowest BCUT2D eigenvalue weighted by Gasteiger charge is -2.21. The third-order valence-electron chi connectivity index (χ3n) is 4.03. The van der Waals surface area contributed by atoms with Crippen molar-refractivity contribution in [2.24, 2.45) is 5.92 Å². The summed E-state index contributed by atoms with van der Waals surface area (Å²) in [5, 5.41) is 2.58. The van der Waals surface area contributed by atoms with Crippen LogP contribution in [0.3, 0.4) is 0 Å². The fraction of sp³-hybridized carbons (Fsp3) is 0.353. The van der Waals surface area contributed by atoms with E-state index in [4.69, 9.17) is 0 Å². The predicted molar refractivity (Wildman–Crippen MR) is 74.6 cm³/mol. The van der Waals surface area contributed by atoms with Gasteiger partial charge in [0.05, 0.1) is 0 Å². The minimum absolute atomic E-state index is 0.254. The molecule has 0 radical (unpaired) electrons. The highest BCUT2D eigenvalue weighted by Crippen LogP contribution is 2.27. The minimum Gasteiger partial charge on any atom is -0.299 e. The molecular formula is C17H18O. The predicted octanol–water partition coefficient (Wildman–Crippen LogP) is 4.14. The van der Waals surface area contributed by atoms with Crippen LogP contribution in [0.1, 0.15) is 31.2 Å². The molecule has 18 heavy (non-hydrogen) atoms. The second kappa shape index (κ2) is 4.93. The fourth-order valence-electron chi connectivity index (χ4n) is 3.01. The summed E-state index contributed by atoms with van der Waals surface area (Å²) in [5.41, 5.74) is 1.33. The summed E-state index contributed by atoms with van der Waals surface area (Å²) in [6.45, 7) is 0. The van der Waals surface area contributed by atoms with Crippen LogP contribution < -0.4 is 0 Å². The molecule has 3 rings (SSSR count). The van der Waals surface area contributed by atoms with Gasteiger partial charge in [0, 0.05) is 12.3 Å². The molecule has 1 fully saturated rings. The van der Waals surface area contributed by atoms with E-state index in [-0.39, 0.29) is 5.92 Å². The van der Waals surface area contributed by atoms with Gasteiger partial charge in [0.1, 0.15) is 5.78 Å². The molecule has 0 aromatic heterocycles. The van der Waals surface area contributed by atoms with Gasteiger partial charge in [0.25, 0.3) is 0 Å². The number of hydrogen-bond donors (Lipinski definition) is 0. The van der Waals surface area contributed by atoms with Crippen LogP contribution >= 0.6 is 0 Å². The quantitative estimate of drug-likeness (QED) is 0.768. The van der Waals surface area contributed by atoms with Gasteiger partial charge in [-0.3, -0.25) is 4.79 Å². The van der Waals surface area contributed by atoms with Gasteiger partial charge in [-0.15, -0.1) is 0 Å². The summed E-state index contributed by atoms with van der Waals surface area (Å²) in [6.07, 6.45) is 5.07. The van der Waals surface area contributed by atoms with E-state index in [0.717, 1.165) is 25.7 Å². The molecule has 1 aliphatic carbocycles. The number of fused-ring (bicyclic) bond motifs is 1. The molecule has 1 nitrogen and oxygen atoms in total. The topological polar surface area (TPSA) is 17.1 Å². The van der Waals surface area contributed by atoms with Crippen LogP contribution in [-0.4, -0.2) is 5.78 Å². The summed E-state index contributed by atoms with van der Waals surface area (Å²) in [7, 11) is 0. The first-order valence-electron chi connectivity index (χ1n) is 6.84. The summed E-state index contributed by atoms with van der Waals surface area (Å²) in [4.78, 5) is 11.9. The van der Waals surface area contributed by atoms with Gasteiger partial charge in [-0.1, -0.05) is 48.9 Å². The van der Waals surface area contributed by atoms with Gasteiger partial charge in [0.2, 0.25) is 0 Å². The molecular weight excluding hydrogens is 220 g/mol. The number of carbonyl (C=O) groups is 1. The molecule has 1 aliphatic rings. The van der Waals surface area contributed by atoms with Crippen molar-refractivity contribution in [1.29, 1.82) is 0 Å². The van der Waals surface area contributed by atoms with E-state index in [1.807, 2.05) is 0 Å². The summed E-state index contributed by atoms with van der Waals surface area (Å²) in [6, 6.07) is 14.9. The van der Waals surface area contributed by atoms with Gasteiger partial charge < -0.3 is 0 Å². The van der Waals surface area contributed by atoms with E-state index in [2.05, 4.69) is 42.5 Å². The highest BCUT2D eigenvalue weighted by Gasteiger charge is 2.22. The van der Waals surface area contributed by atoms with Crippen LogP contribution in [0.5, 0.6) is 0 Å². The number of Topliss-reactive ketones (excluding diaryl/α,β-unsaturated/α-hetero) is 1. The van der Waals surface area contributed by atoms with Crippen molar-refractivity contribution in [2.75, 3.05) is 0 Å². The average molecular weight is 238 g/mol. The fourth-order valence-corrected chi connectivity index (χ4v) is 3.01. The van der Waals surface area contributed by atoms with Crippen LogP contribution in [-0.2, 0) is 11.2 Å². The van der Waals surface area contributed by atoms with E-state index >= 15 is 0 Å². The standard InChI is InChI=1S/C17H18O/c18-17-11-4-2-7-15(17)12-14-9-5-8-13-6-1-3-10-16(13)14/h1,3,5-6,8-10,15H,2,4,7,11-12H2. The van der Waals surface area contributed by atoms with Gasteiger partial charge in [0.15, 0.2) is 0 Å². The Hall–Kier alpha value is -1.63. The van der Waals surface area contributed by atoms with Crippen LogP contribution in [0.15, 0.2) is 42.5 Å². The first-order chi connectivity index (χ1) is 8.84. The third kappa shape index (κ3) is 2.17. The average Bonchev–Trinajstić information content (AvgIpc) is 2.42. The molecule has 0 amide bonds. The van der Waals surface area contributed by atoms with E-state index in [0.29, 0.717) is 5.78 Å². The number of benzene rings is 2. The van der Waals surface area contributed by atoms with E-state index < -0.39 is 0 Å². The van der Waals surface area contributed by atoms with Crippen molar-refractivity contribution in [1.82, 2.24) is 0 Å². The number of rotatable bonds is 2. The molecule has 0 N–H and O–H groups in total. The molecule has 92 valence electrons. The van der Waals surface area contributed by atoms with Crippen molar-refractivity contribution in [3.05, 3.63) is 48.0 Å². The van der Waals surface area contributed by atoms with Crippen LogP contribution in [0.2, 0.25) is 0 Å². The molecule has 1 saturated carbocycles. The number of ketones is 1. The smallest absolute Gasteiger partial charge is 0.136 e. The van der Waals surface area contributed by atoms with Crippen LogP contribution in [0.4, 0.5) is 0 Å². The Morgan fingerprint density at radius 3 is 2.72 bits per heavy atom. The van der Waals surface area contributed by atoms with E-state index in [1.54, 1.807) is 0 Å². The molecule has 2 aromatic rings. The summed E-state index contributed by atoms with van der Waals surface area (Å²) >= 11 is 0. The Bertz CT molecular complexity index is 565. The maximum absolute atomic E-state index is 11.9. The van der Waals surface area contributed by atoms with E-state index in [9.17, 15) is 4.79 Å². The summed E-state index contributed by atoms with van der Waals surface area (Å²) in [5.74, 6) is 0.721. The lowest BCUT2D eigenvalue weighted by Crippen LogP contribution is -2.21. The maximum atomic E-state index is 11.9. The van der Waals surface area contributed by atoms with Crippen molar-refractivity contribution in [3.8, 4) is 0 Å². The van der Waals surface area contributed by atoms with Gasteiger partial charge in [-0.05, 0) is 35.6 Å². The lowest BCUT2D eigenvalue weighted by molar-refractivity contribution is -0.124. The molecule has 0 bridgehead atoms. The third-order valence-corrected chi connectivity index (χ3v) is 4.03. The first-order valence-corrected chi connectivity index (χ1v) is 6.84. The maximum Gasteiger partial charge on any atom is 0.136 e. The van der Waals surface area contributed by atoms with Crippen molar-refractivity contribution >= 4 is 16.6 Å². The molecule has 0 saturated heterocycles. The van der Waals surface area contributed by atoms with Crippen LogP contribution in [0.25, 0.3) is 10.8 Å². The van der Waals surface area contributed by atoms with Crippen LogP contribution in [0, 0.1) is 5.92 Å². The Morgan fingerprint density at radius 1 is 1.00 bits per heavy atom. The molecule has 2 aromatic carbocycles. The molecule has 0 aliphatic heterocycles. The Labute approximate surface area is 108 Å². The molecule has 1 heteroatoms. The largest absolute Gasteiger partial charge is 0.299 e. The molecule has 0 spiro atoms. The van der Waals surface area contributed by atoms with Crippen molar-refractivity contribution in [3.63, 3.8) is 0 Å². The molecule has 1 unspecified atom stereocenters. The Kier molecular flexibility index (Phi) is 3.14. The zero-order valence-corrected chi connectivity index (χ0v) is 10.6. The second-order valence-electron chi connectivity index (χ2n) is 5.25. The lowest BCUT2D eigenvalue weighted by atomic mass is 9.83. The van der Waals surface area contributed by atoms with Crippen molar-refractivity contribution in [2.45, 2.75) is 32.1 Å².